The van der Waals surface area contributed by atoms with Crippen molar-refractivity contribution in [3.8, 4) is 0 Å². The van der Waals surface area contributed by atoms with Crippen molar-refractivity contribution in [2.75, 3.05) is 22.9 Å². The number of fused-ring (bicyclic) bond motifs is 1. The van der Waals surface area contributed by atoms with Crippen molar-refractivity contribution in [3.63, 3.8) is 0 Å². The number of nitrogens with one attached hydrogen (secondary N) is 2. The highest BCUT2D eigenvalue weighted by molar-refractivity contribution is 7.80. The molecule has 2 amide bonds. The zero-order chi connectivity index (χ0) is 22.4. The number of rotatable bonds is 10. The van der Waals surface area contributed by atoms with Crippen molar-refractivity contribution in [1.29, 1.82) is 0 Å². The van der Waals surface area contributed by atoms with Gasteiger partial charge >= 0.3 is 11.9 Å². The molecule has 0 spiro atoms. The molecule has 2 atom stereocenters. The van der Waals surface area contributed by atoms with E-state index in [2.05, 4.69) is 37.9 Å². The van der Waals surface area contributed by atoms with Gasteiger partial charge in [-0.25, -0.2) is 4.98 Å². The number of aliphatic carboxylic acids is 2. The standard InChI is InChI=1S/C15H20N8O6S/c16-6(14(28)29)1-2-8(24)20-7(4-30)13(27)23(3-9(25)26)15-21-11(17)10-12(22-15)19-5-18-10/h5-7,30H,1-4,16H2,(H,20,24)(H,25,26)(H,28,29)(H3,17,18,19,21,22). The van der Waals surface area contributed by atoms with Gasteiger partial charge in [-0.1, -0.05) is 0 Å². The molecule has 8 N–H and O–H groups in total. The number of carbonyl (C=O) groups is 4. The number of carboxylic acids is 2. The molecule has 2 aromatic rings. The van der Waals surface area contributed by atoms with Crippen LogP contribution in [0, 0.1) is 0 Å². The first-order chi connectivity index (χ1) is 14.1. The average molecular weight is 440 g/mol. The SMILES string of the molecule is Nc1nc(N(CC(=O)O)C(=O)C(CS)NC(=O)CCC(N)C(=O)O)nc2nc[nH]c12. The summed E-state index contributed by atoms with van der Waals surface area (Å²) in [6.45, 7) is -0.807. The van der Waals surface area contributed by atoms with Crippen molar-refractivity contribution in [1.82, 2.24) is 25.3 Å². The van der Waals surface area contributed by atoms with Gasteiger partial charge in [-0.15, -0.1) is 0 Å². The number of anilines is 2. The van der Waals surface area contributed by atoms with Crippen molar-refractivity contribution < 1.29 is 29.4 Å². The van der Waals surface area contributed by atoms with Crippen molar-refractivity contribution in [3.05, 3.63) is 6.33 Å². The molecular formula is C15H20N8O6S. The van der Waals surface area contributed by atoms with Crippen LogP contribution in [-0.4, -0.2) is 78.3 Å². The van der Waals surface area contributed by atoms with Crippen LogP contribution in [0.5, 0.6) is 0 Å². The molecule has 2 aromatic heterocycles. The number of amides is 2. The van der Waals surface area contributed by atoms with E-state index in [1.165, 1.54) is 6.33 Å². The van der Waals surface area contributed by atoms with Gasteiger partial charge in [0.15, 0.2) is 11.5 Å². The summed E-state index contributed by atoms with van der Waals surface area (Å²) < 4.78 is 0. The Balaban J connectivity index is 2.22. The second-order valence-electron chi connectivity index (χ2n) is 6.11. The maximum absolute atomic E-state index is 12.9. The molecule has 2 heterocycles. The first kappa shape index (κ1) is 22.8. The van der Waals surface area contributed by atoms with E-state index in [9.17, 15) is 24.3 Å². The number of imidazole rings is 1. The molecule has 14 nitrogen and oxygen atoms in total. The zero-order valence-corrected chi connectivity index (χ0v) is 16.4. The molecule has 15 heteroatoms. The zero-order valence-electron chi connectivity index (χ0n) is 15.5. The van der Waals surface area contributed by atoms with Crippen LogP contribution in [0.2, 0.25) is 0 Å². The number of carbonyl (C=O) groups excluding carboxylic acids is 2. The molecule has 0 fully saturated rings. The number of nitrogens with zero attached hydrogens (tertiary/aromatic N) is 4. The minimum atomic E-state index is -1.36. The maximum Gasteiger partial charge on any atom is 0.323 e. The summed E-state index contributed by atoms with van der Waals surface area (Å²) in [7, 11) is 0. The van der Waals surface area contributed by atoms with Gasteiger partial charge < -0.3 is 32.0 Å². The highest BCUT2D eigenvalue weighted by Crippen LogP contribution is 2.19. The largest absolute Gasteiger partial charge is 0.480 e. The number of carboxylic acid groups (broad SMARTS) is 2. The molecule has 2 unspecified atom stereocenters. The number of hydrogen-bond donors (Lipinski definition) is 7. The number of H-pyrrole nitrogens is 1. The lowest BCUT2D eigenvalue weighted by atomic mass is 10.1. The summed E-state index contributed by atoms with van der Waals surface area (Å²) in [5, 5.41) is 20.3. The highest BCUT2D eigenvalue weighted by Gasteiger charge is 2.30. The monoisotopic (exact) mass is 440 g/mol. The fraction of sp³-hybridized carbons (Fsp3) is 0.400. The first-order valence-electron chi connectivity index (χ1n) is 8.52. The Morgan fingerprint density at radius 3 is 2.57 bits per heavy atom. The molecule has 0 saturated carbocycles. The molecule has 2 rings (SSSR count). The molecule has 0 aliphatic rings. The van der Waals surface area contributed by atoms with Gasteiger partial charge in [-0.3, -0.25) is 24.1 Å². The molecule has 0 aliphatic carbocycles. The van der Waals surface area contributed by atoms with Crippen LogP contribution in [0.1, 0.15) is 12.8 Å². The summed E-state index contributed by atoms with van der Waals surface area (Å²) in [5.41, 5.74) is 11.6. The van der Waals surface area contributed by atoms with Crippen LogP contribution in [0.3, 0.4) is 0 Å². The highest BCUT2D eigenvalue weighted by atomic mass is 32.1. The minimum absolute atomic E-state index is 0.0511. The Kier molecular flexibility index (Phi) is 7.48. The predicted molar refractivity (Wildman–Crippen MR) is 107 cm³/mol. The van der Waals surface area contributed by atoms with Crippen LogP contribution in [0.4, 0.5) is 11.8 Å². The number of hydrogen-bond acceptors (Lipinski definition) is 10. The van der Waals surface area contributed by atoms with Crippen LogP contribution in [0.25, 0.3) is 11.2 Å². The van der Waals surface area contributed by atoms with E-state index in [0.717, 1.165) is 4.90 Å². The quantitative estimate of drug-likeness (QED) is 0.199. The molecule has 0 saturated heterocycles. The number of nitrogens with two attached hydrogens (primary N) is 2. The fourth-order valence-corrected chi connectivity index (χ4v) is 2.64. The maximum atomic E-state index is 12.9. The summed E-state index contributed by atoms with van der Waals surface area (Å²) in [5.74, 6) is -4.66. The van der Waals surface area contributed by atoms with Gasteiger partial charge in [-0.2, -0.15) is 22.6 Å². The van der Waals surface area contributed by atoms with Gasteiger partial charge in [0.05, 0.1) is 6.33 Å². The number of aromatic nitrogens is 4. The van der Waals surface area contributed by atoms with Crippen LogP contribution < -0.4 is 21.7 Å². The molecule has 162 valence electrons. The van der Waals surface area contributed by atoms with Crippen LogP contribution in [-0.2, 0) is 19.2 Å². The molecular weight excluding hydrogens is 420 g/mol. The van der Waals surface area contributed by atoms with E-state index in [-0.39, 0.29) is 36.0 Å². The molecule has 0 aromatic carbocycles. The van der Waals surface area contributed by atoms with E-state index < -0.39 is 42.4 Å². The lowest BCUT2D eigenvalue weighted by Crippen LogP contribution is -2.51. The Morgan fingerprint density at radius 2 is 1.97 bits per heavy atom. The summed E-state index contributed by atoms with van der Waals surface area (Å²) in [6, 6.07) is -2.47. The van der Waals surface area contributed by atoms with Gasteiger partial charge in [0.2, 0.25) is 11.9 Å². The lowest BCUT2D eigenvalue weighted by Gasteiger charge is -2.24. The van der Waals surface area contributed by atoms with Gasteiger partial charge in [0.25, 0.3) is 5.91 Å². The second-order valence-corrected chi connectivity index (χ2v) is 6.48. The Morgan fingerprint density at radius 1 is 1.27 bits per heavy atom. The normalized spacial score (nSPS) is 12.9. The molecule has 0 aliphatic heterocycles. The number of aromatic amines is 1. The van der Waals surface area contributed by atoms with E-state index in [1.54, 1.807) is 0 Å². The van der Waals surface area contributed by atoms with Gasteiger partial charge in [-0.05, 0) is 6.42 Å². The third-order valence-corrected chi connectivity index (χ3v) is 4.28. The lowest BCUT2D eigenvalue weighted by molar-refractivity contribution is -0.139. The van der Waals surface area contributed by atoms with Gasteiger partial charge in [0.1, 0.15) is 24.1 Å². The number of thiol groups is 1. The van der Waals surface area contributed by atoms with Crippen LogP contribution in [0.15, 0.2) is 6.33 Å². The van der Waals surface area contributed by atoms with Crippen molar-refractivity contribution in [2.45, 2.75) is 24.9 Å². The van der Waals surface area contributed by atoms with E-state index in [1.807, 2.05) is 0 Å². The third-order valence-electron chi connectivity index (χ3n) is 3.92. The summed E-state index contributed by atoms with van der Waals surface area (Å²) in [6.07, 6.45) is 0.900. The first-order valence-corrected chi connectivity index (χ1v) is 9.15. The van der Waals surface area contributed by atoms with Crippen molar-refractivity contribution in [2.24, 2.45) is 5.73 Å². The second kappa shape index (κ2) is 9.84. The number of nitrogen functional groups attached to an aromatic ring is 1. The summed E-state index contributed by atoms with van der Waals surface area (Å²) >= 11 is 4.03. The smallest absolute Gasteiger partial charge is 0.323 e. The Bertz CT molecular complexity index is 966. The Hall–Kier alpha value is -3.46. The topological polar surface area (TPSA) is 231 Å². The fourth-order valence-electron chi connectivity index (χ4n) is 2.40. The van der Waals surface area contributed by atoms with Crippen molar-refractivity contribution >= 4 is 59.3 Å². The van der Waals surface area contributed by atoms with Crippen LogP contribution >= 0.6 is 12.6 Å². The minimum Gasteiger partial charge on any atom is -0.480 e. The van der Waals surface area contributed by atoms with Gasteiger partial charge in [0, 0.05) is 12.2 Å². The average Bonchev–Trinajstić information content (AvgIpc) is 3.16. The Labute approximate surface area is 174 Å². The predicted octanol–water partition coefficient (Wildman–Crippen LogP) is -2.04. The van der Waals surface area contributed by atoms with E-state index >= 15 is 0 Å². The molecule has 0 bridgehead atoms. The summed E-state index contributed by atoms with van der Waals surface area (Å²) in [4.78, 5) is 62.3. The van der Waals surface area contributed by atoms with E-state index in [4.69, 9.17) is 16.6 Å². The third kappa shape index (κ3) is 5.54. The molecule has 30 heavy (non-hydrogen) atoms. The molecule has 0 radical (unpaired) electrons. The van der Waals surface area contributed by atoms with E-state index in [0.29, 0.717) is 5.52 Å².